The third-order valence-electron chi connectivity index (χ3n) is 7.87. The fourth-order valence-corrected chi connectivity index (χ4v) is 6.15. The van der Waals surface area contributed by atoms with Crippen molar-refractivity contribution < 1.29 is 23.9 Å². The van der Waals surface area contributed by atoms with Crippen molar-refractivity contribution in [3.63, 3.8) is 0 Å². The van der Waals surface area contributed by atoms with E-state index in [1.807, 2.05) is 32.6 Å². The van der Waals surface area contributed by atoms with Gasteiger partial charge in [0.25, 0.3) is 0 Å². The van der Waals surface area contributed by atoms with Gasteiger partial charge in [-0.15, -0.1) is 0 Å². The van der Waals surface area contributed by atoms with Crippen LogP contribution < -0.4 is 0 Å². The van der Waals surface area contributed by atoms with Crippen LogP contribution in [-0.4, -0.2) is 66.2 Å². The summed E-state index contributed by atoms with van der Waals surface area (Å²) in [5.74, 6) is 0.232. The highest BCUT2D eigenvalue weighted by Gasteiger charge is 2.40. The molecule has 7 heteroatoms. The Labute approximate surface area is 221 Å². The van der Waals surface area contributed by atoms with E-state index in [1.165, 1.54) is 22.3 Å². The summed E-state index contributed by atoms with van der Waals surface area (Å²) >= 11 is 0. The molecule has 0 N–H and O–H groups in total. The van der Waals surface area contributed by atoms with Crippen molar-refractivity contribution >= 4 is 23.5 Å². The molecule has 1 aliphatic heterocycles. The molecule has 0 bridgehead atoms. The Hall–Kier alpha value is -2.83. The first kappa shape index (κ1) is 27.2. The van der Waals surface area contributed by atoms with Crippen LogP contribution in [0.3, 0.4) is 0 Å². The number of nitrogens with zero attached hydrogens (tertiary/aromatic N) is 2. The number of esters is 1. The van der Waals surface area contributed by atoms with Gasteiger partial charge in [-0.05, 0) is 94.4 Å². The second-order valence-electron chi connectivity index (χ2n) is 11.7. The van der Waals surface area contributed by atoms with Crippen LogP contribution in [0.15, 0.2) is 29.8 Å². The molecule has 1 aromatic rings. The summed E-state index contributed by atoms with van der Waals surface area (Å²) in [6.07, 6.45) is 4.95. The van der Waals surface area contributed by atoms with Gasteiger partial charge in [-0.2, -0.15) is 0 Å². The molecule has 0 saturated heterocycles. The fraction of sp³-hybridized carbons (Fsp3) is 0.633. The van der Waals surface area contributed by atoms with Gasteiger partial charge in [0, 0.05) is 26.1 Å². The summed E-state index contributed by atoms with van der Waals surface area (Å²) in [4.78, 5) is 42.4. The molecule has 1 unspecified atom stereocenters. The monoisotopic (exact) mass is 510 g/mol. The second-order valence-corrected chi connectivity index (χ2v) is 11.7. The van der Waals surface area contributed by atoms with Crippen LogP contribution in [0, 0.1) is 11.8 Å². The Balaban J connectivity index is 1.40. The lowest BCUT2D eigenvalue weighted by atomic mass is 9.80. The lowest BCUT2D eigenvalue weighted by molar-refractivity contribution is -0.146. The summed E-state index contributed by atoms with van der Waals surface area (Å²) < 4.78 is 10.8. The zero-order valence-electron chi connectivity index (χ0n) is 23.0. The molecule has 1 heterocycles. The highest BCUT2D eigenvalue weighted by Crippen LogP contribution is 2.43. The lowest BCUT2D eigenvalue weighted by Gasteiger charge is -2.40. The summed E-state index contributed by atoms with van der Waals surface area (Å²) in [5.41, 5.74) is 4.56. The van der Waals surface area contributed by atoms with Gasteiger partial charge in [0.05, 0.1) is 19.1 Å². The normalized spacial score (nSPS) is 23.3. The molecule has 1 aromatic carbocycles. The highest BCUT2D eigenvalue weighted by atomic mass is 16.6. The van der Waals surface area contributed by atoms with E-state index in [1.54, 1.807) is 11.9 Å². The number of fused-ring (bicyclic) bond motifs is 2. The zero-order valence-corrected chi connectivity index (χ0v) is 23.0. The van der Waals surface area contributed by atoms with Crippen molar-refractivity contribution in [2.75, 3.05) is 26.7 Å². The standard InChI is InChI=1S/C30H42N2O5/c1-6-36-27(33)18-26-25-17-22-9-7-8-10-23(22)24(25)15-16-32(26)28(34)21-13-11-20(12-14-21)19-31(5)29(35)37-30(2,3)4/h7-10,20-21,26H,6,11-19H2,1-5H3. The van der Waals surface area contributed by atoms with Crippen molar-refractivity contribution in [3.05, 3.63) is 41.0 Å². The third-order valence-corrected chi connectivity index (χ3v) is 7.87. The van der Waals surface area contributed by atoms with Crippen molar-refractivity contribution in [2.45, 2.75) is 84.3 Å². The number of ether oxygens (including phenoxy) is 2. The van der Waals surface area contributed by atoms with Gasteiger partial charge >= 0.3 is 12.1 Å². The molecule has 202 valence electrons. The van der Waals surface area contributed by atoms with Gasteiger partial charge in [-0.25, -0.2) is 4.79 Å². The van der Waals surface area contributed by atoms with Crippen LogP contribution in [0.4, 0.5) is 4.79 Å². The topological polar surface area (TPSA) is 76.2 Å². The number of hydrogen-bond donors (Lipinski definition) is 0. The third kappa shape index (κ3) is 6.36. The van der Waals surface area contributed by atoms with Gasteiger partial charge in [-0.1, -0.05) is 24.3 Å². The maximum Gasteiger partial charge on any atom is 0.410 e. The van der Waals surface area contributed by atoms with E-state index in [0.29, 0.717) is 25.6 Å². The largest absolute Gasteiger partial charge is 0.466 e. The van der Waals surface area contributed by atoms with E-state index in [-0.39, 0.29) is 36.4 Å². The van der Waals surface area contributed by atoms with Gasteiger partial charge in [0.15, 0.2) is 0 Å². The Morgan fingerprint density at radius 3 is 2.46 bits per heavy atom. The van der Waals surface area contributed by atoms with Crippen LogP contribution in [0.2, 0.25) is 0 Å². The molecule has 3 aliphatic rings. The van der Waals surface area contributed by atoms with Crippen molar-refractivity contribution in [1.82, 2.24) is 9.80 Å². The molecule has 0 spiro atoms. The first-order chi connectivity index (χ1) is 17.6. The summed E-state index contributed by atoms with van der Waals surface area (Å²) in [6.45, 7) is 9.04. The van der Waals surface area contributed by atoms with Crippen LogP contribution in [-0.2, 0) is 25.5 Å². The molecule has 1 fully saturated rings. The number of amides is 2. The minimum absolute atomic E-state index is 0.0429. The van der Waals surface area contributed by atoms with Crippen molar-refractivity contribution in [2.24, 2.45) is 11.8 Å². The Bertz CT molecular complexity index is 1050. The highest BCUT2D eigenvalue weighted by molar-refractivity contribution is 5.86. The second kappa shape index (κ2) is 11.3. The molecule has 2 aliphatic carbocycles. The Morgan fingerprint density at radius 2 is 1.78 bits per heavy atom. The maximum atomic E-state index is 13.8. The van der Waals surface area contributed by atoms with Crippen LogP contribution >= 0.6 is 0 Å². The number of hydrogen-bond acceptors (Lipinski definition) is 5. The molecule has 1 saturated carbocycles. The number of rotatable bonds is 6. The predicted molar refractivity (Wildman–Crippen MR) is 143 cm³/mol. The average molecular weight is 511 g/mol. The number of carbonyl (C=O) groups excluding carboxylic acids is 3. The molecular formula is C30H42N2O5. The number of carbonyl (C=O) groups is 3. The van der Waals surface area contributed by atoms with Gasteiger partial charge in [0.2, 0.25) is 5.91 Å². The Morgan fingerprint density at radius 1 is 1.08 bits per heavy atom. The minimum Gasteiger partial charge on any atom is -0.466 e. The quantitative estimate of drug-likeness (QED) is 0.490. The first-order valence-electron chi connectivity index (χ1n) is 13.8. The van der Waals surface area contributed by atoms with E-state index in [2.05, 4.69) is 24.3 Å². The van der Waals surface area contributed by atoms with Crippen molar-refractivity contribution in [3.8, 4) is 0 Å². The average Bonchev–Trinajstić information content (AvgIpc) is 3.23. The fourth-order valence-electron chi connectivity index (χ4n) is 6.15. The zero-order chi connectivity index (χ0) is 26.7. The van der Waals surface area contributed by atoms with Gasteiger partial charge in [0.1, 0.15) is 5.60 Å². The van der Waals surface area contributed by atoms with E-state index in [9.17, 15) is 14.4 Å². The van der Waals surface area contributed by atoms with Gasteiger partial charge in [-0.3, -0.25) is 9.59 Å². The molecule has 1 atom stereocenters. The van der Waals surface area contributed by atoms with E-state index in [0.717, 1.165) is 38.5 Å². The Kier molecular flexibility index (Phi) is 8.29. The molecule has 4 rings (SSSR count). The number of benzene rings is 1. The first-order valence-corrected chi connectivity index (χ1v) is 13.8. The molecule has 7 nitrogen and oxygen atoms in total. The lowest BCUT2D eigenvalue weighted by Crippen LogP contribution is -2.49. The minimum atomic E-state index is -0.514. The predicted octanol–water partition coefficient (Wildman–Crippen LogP) is 5.22. The maximum absolute atomic E-state index is 13.8. The van der Waals surface area contributed by atoms with E-state index < -0.39 is 5.60 Å². The summed E-state index contributed by atoms with van der Waals surface area (Å²) in [7, 11) is 1.78. The van der Waals surface area contributed by atoms with Crippen LogP contribution in [0.1, 0.15) is 77.3 Å². The molecule has 0 aromatic heterocycles. The van der Waals surface area contributed by atoms with Crippen LogP contribution in [0.5, 0.6) is 0 Å². The molecule has 2 amide bonds. The molecule has 0 radical (unpaired) electrons. The van der Waals surface area contributed by atoms with Gasteiger partial charge < -0.3 is 19.3 Å². The summed E-state index contributed by atoms with van der Waals surface area (Å²) in [6, 6.07) is 8.19. The molecule has 37 heavy (non-hydrogen) atoms. The van der Waals surface area contributed by atoms with E-state index in [4.69, 9.17) is 9.47 Å². The van der Waals surface area contributed by atoms with Crippen LogP contribution in [0.25, 0.3) is 5.57 Å². The van der Waals surface area contributed by atoms with Crippen molar-refractivity contribution in [1.29, 1.82) is 0 Å². The molecular weight excluding hydrogens is 468 g/mol. The van der Waals surface area contributed by atoms with E-state index >= 15 is 0 Å². The summed E-state index contributed by atoms with van der Waals surface area (Å²) in [5, 5.41) is 0. The smallest absolute Gasteiger partial charge is 0.410 e. The SMILES string of the molecule is CCOC(=O)CC1C2=C(CCN1C(=O)C1CCC(CN(C)C(=O)OC(C)(C)C)CC1)c1ccccc1C2.